The molecule has 0 radical (unpaired) electrons. The summed E-state index contributed by atoms with van der Waals surface area (Å²) in [6.07, 6.45) is 4.17. The van der Waals surface area contributed by atoms with E-state index in [9.17, 15) is 9.59 Å². The number of hydrogen-bond donors (Lipinski definition) is 1. The Morgan fingerprint density at radius 2 is 1.93 bits per heavy atom. The number of carbonyl (C=O) groups is 2. The lowest BCUT2D eigenvalue weighted by Crippen LogP contribution is -2.26. The zero-order valence-electron chi connectivity index (χ0n) is 15.1. The van der Waals surface area contributed by atoms with Gasteiger partial charge in [-0.3, -0.25) is 9.59 Å². The molecule has 138 valence electrons. The summed E-state index contributed by atoms with van der Waals surface area (Å²) in [4.78, 5) is 30.2. The van der Waals surface area contributed by atoms with Gasteiger partial charge in [0.25, 0.3) is 5.91 Å². The van der Waals surface area contributed by atoms with E-state index in [0.717, 1.165) is 42.7 Å². The first-order valence-electron chi connectivity index (χ1n) is 9.31. The monoisotopic (exact) mass is 362 g/mol. The predicted octanol–water partition coefficient (Wildman–Crippen LogP) is 2.98. The van der Waals surface area contributed by atoms with Crippen LogP contribution in [0.1, 0.15) is 29.6 Å². The Hall–Kier alpha value is -3.15. The van der Waals surface area contributed by atoms with Gasteiger partial charge in [-0.1, -0.05) is 12.1 Å². The Morgan fingerprint density at radius 3 is 2.70 bits per heavy atom. The Labute approximate surface area is 157 Å². The molecule has 27 heavy (non-hydrogen) atoms. The van der Waals surface area contributed by atoms with Crippen LogP contribution < -0.4 is 10.2 Å². The number of hydrogen-bond acceptors (Lipinski definition) is 3. The average Bonchev–Trinajstić information content (AvgIpc) is 3.31. The predicted molar refractivity (Wildman–Crippen MR) is 105 cm³/mol. The van der Waals surface area contributed by atoms with E-state index in [4.69, 9.17) is 0 Å². The Kier molecular flexibility index (Phi) is 4.87. The third kappa shape index (κ3) is 3.69. The van der Waals surface area contributed by atoms with Gasteiger partial charge in [-0.2, -0.15) is 0 Å². The minimum Gasteiger partial charge on any atom is -0.352 e. The minimum absolute atomic E-state index is 0.0928. The van der Waals surface area contributed by atoms with Crippen LogP contribution >= 0.6 is 0 Å². The number of fused-ring (bicyclic) bond motifs is 1. The summed E-state index contributed by atoms with van der Waals surface area (Å²) >= 11 is 0. The largest absolute Gasteiger partial charge is 0.352 e. The molecule has 2 amide bonds. The van der Waals surface area contributed by atoms with E-state index < -0.39 is 0 Å². The van der Waals surface area contributed by atoms with Crippen LogP contribution in [0.4, 0.5) is 5.69 Å². The molecule has 6 nitrogen and oxygen atoms in total. The highest BCUT2D eigenvalue weighted by Crippen LogP contribution is 2.21. The maximum atomic E-state index is 12.3. The first-order chi connectivity index (χ1) is 13.2. The van der Waals surface area contributed by atoms with Crippen molar-refractivity contribution in [1.82, 2.24) is 14.9 Å². The van der Waals surface area contributed by atoms with Crippen molar-refractivity contribution in [3.63, 3.8) is 0 Å². The van der Waals surface area contributed by atoms with Crippen LogP contribution in [0, 0.1) is 0 Å². The van der Waals surface area contributed by atoms with Crippen molar-refractivity contribution >= 4 is 28.5 Å². The molecule has 1 saturated heterocycles. The summed E-state index contributed by atoms with van der Waals surface area (Å²) < 4.78 is 2.10. The second kappa shape index (κ2) is 7.61. The van der Waals surface area contributed by atoms with Crippen LogP contribution in [0.3, 0.4) is 0 Å². The number of imidazole rings is 1. The molecule has 0 saturated carbocycles. The molecule has 0 spiro atoms. The van der Waals surface area contributed by atoms with Gasteiger partial charge in [-0.25, -0.2) is 4.98 Å². The summed E-state index contributed by atoms with van der Waals surface area (Å²) in [6, 6.07) is 15.3. The van der Waals surface area contributed by atoms with Crippen LogP contribution in [0.5, 0.6) is 0 Å². The quantitative estimate of drug-likeness (QED) is 0.686. The second-order valence-electron chi connectivity index (χ2n) is 6.73. The fourth-order valence-electron chi connectivity index (χ4n) is 3.46. The van der Waals surface area contributed by atoms with Crippen molar-refractivity contribution in [3.05, 3.63) is 60.4 Å². The number of aromatic nitrogens is 2. The van der Waals surface area contributed by atoms with Crippen LogP contribution in [0.15, 0.2) is 54.9 Å². The standard InChI is InChI=1S/C21H22N4O2/c26-20-7-3-14-25(20)17-10-8-16(9-11-17)21(27)22-12-4-13-24-15-23-18-5-1-2-6-19(18)24/h1-2,5-6,8-11,15H,3-4,7,12-14H2,(H,22,27). The highest BCUT2D eigenvalue weighted by Gasteiger charge is 2.21. The number of para-hydroxylation sites is 2. The fourth-order valence-corrected chi connectivity index (χ4v) is 3.46. The lowest BCUT2D eigenvalue weighted by atomic mass is 10.2. The zero-order chi connectivity index (χ0) is 18.6. The third-order valence-electron chi connectivity index (χ3n) is 4.90. The number of anilines is 1. The number of aryl methyl sites for hydroxylation is 1. The number of benzene rings is 2. The van der Waals surface area contributed by atoms with Crippen LogP contribution in [0.25, 0.3) is 11.0 Å². The van der Waals surface area contributed by atoms with Crippen molar-refractivity contribution in [2.75, 3.05) is 18.0 Å². The van der Waals surface area contributed by atoms with E-state index >= 15 is 0 Å². The van der Waals surface area contributed by atoms with Gasteiger partial charge in [-0.15, -0.1) is 0 Å². The molecular formula is C21H22N4O2. The highest BCUT2D eigenvalue weighted by molar-refractivity contribution is 5.97. The SMILES string of the molecule is O=C(NCCCn1cnc2ccccc21)c1ccc(N2CCCC2=O)cc1. The molecule has 6 heteroatoms. The smallest absolute Gasteiger partial charge is 0.251 e. The van der Waals surface area contributed by atoms with Gasteiger partial charge in [0.15, 0.2) is 0 Å². The highest BCUT2D eigenvalue weighted by atomic mass is 16.2. The number of nitrogens with one attached hydrogen (secondary N) is 1. The minimum atomic E-state index is -0.0928. The van der Waals surface area contributed by atoms with E-state index in [2.05, 4.69) is 14.9 Å². The molecule has 1 N–H and O–H groups in total. The van der Waals surface area contributed by atoms with Gasteiger partial charge < -0.3 is 14.8 Å². The van der Waals surface area contributed by atoms with Crippen molar-refractivity contribution in [1.29, 1.82) is 0 Å². The number of nitrogens with zero attached hydrogens (tertiary/aromatic N) is 3. The number of amides is 2. The van der Waals surface area contributed by atoms with Gasteiger partial charge in [0, 0.05) is 37.3 Å². The normalized spacial score (nSPS) is 14.1. The third-order valence-corrected chi connectivity index (χ3v) is 4.90. The molecule has 0 aliphatic carbocycles. The lowest BCUT2D eigenvalue weighted by molar-refractivity contribution is -0.117. The maximum Gasteiger partial charge on any atom is 0.251 e. The molecular weight excluding hydrogens is 340 g/mol. The van der Waals surface area contributed by atoms with Crippen molar-refractivity contribution < 1.29 is 9.59 Å². The van der Waals surface area contributed by atoms with Crippen molar-refractivity contribution in [2.45, 2.75) is 25.8 Å². The van der Waals surface area contributed by atoms with Crippen molar-refractivity contribution in [3.8, 4) is 0 Å². The van der Waals surface area contributed by atoms with E-state index in [-0.39, 0.29) is 11.8 Å². The Balaban J connectivity index is 1.28. The van der Waals surface area contributed by atoms with Crippen LogP contribution in [0.2, 0.25) is 0 Å². The van der Waals surface area contributed by atoms with Gasteiger partial charge in [0.2, 0.25) is 5.91 Å². The first kappa shape index (κ1) is 17.3. The topological polar surface area (TPSA) is 67.2 Å². The molecule has 1 fully saturated rings. The Morgan fingerprint density at radius 1 is 1.11 bits per heavy atom. The molecule has 0 atom stereocenters. The van der Waals surface area contributed by atoms with Gasteiger partial charge in [0.05, 0.1) is 17.4 Å². The lowest BCUT2D eigenvalue weighted by Gasteiger charge is -2.15. The molecule has 4 rings (SSSR count). The second-order valence-corrected chi connectivity index (χ2v) is 6.73. The van der Waals surface area contributed by atoms with Gasteiger partial charge in [-0.05, 0) is 49.2 Å². The summed E-state index contributed by atoms with van der Waals surface area (Å²) in [6.45, 7) is 2.15. The van der Waals surface area contributed by atoms with E-state index in [1.165, 1.54) is 0 Å². The Bertz CT molecular complexity index is 962. The fraction of sp³-hybridized carbons (Fsp3) is 0.286. The van der Waals surface area contributed by atoms with E-state index in [1.807, 2.05) is 42.7 Å². The summed E-state index contributed by atoms with van der Waals surface area (Å²) in [5.41, 5.74) is 3.56. The number of carbonyl (C=O) groups excluding carboxylic acids is 2. The number of rotatable bonds is 6. The molecule has 3 aromatic rings. The summed E-state index contributed by atoms with van der Waals surface area (Å²) in [5.74, 6) is 0.0593. The first-order valence-corrected chi connectivity index (χ1v) is 9.31. The van der Waals surface area contributed by atoms with Crippen molar-refractivity contribution in [2.24, 2.45) is 0 Å². The van der Waals surface area contributed by atoms with Crippen LogP contribution in [-0.2, 0) is 11.3 Å². The van der Waals surface area contributed by atoms with Crippen LogP contribution in [-0.4, -0.2) is 34.5 Å². The summed E-state index contributed by atoms with van der Waals surface area (Å²) in [5, 5.41) is 2.95. The molecule has 1 aliphatic heterocycles. The van der Waals surface area contributed by atoms with E-state index in [1.54, 1.807) is 17.0 Å². The van der Waals surface area contributed by atoms with Gasteiger partial charge in [0.1, 0.15) is 0 Å². The molecule has 2 aromatic carbocycles. The van der Waals surface area contributed by atoms with Gasteiger partial charge >= 0.3 is 0 Å². The summed E-state index contributed by atoms with van der Waals surface area (Å²) in [7, 11) is 0. The molecule has 0 bridgehead atoms. The maximum absolute atomic E-state index is 12.3. The molecule has 1 aromatic heterocycles. The average molecular weight is 362 g/mol. The molecule has 1 aliphatic rings. The molecule has 0 unspecified atom stereocenters. The zero-order valence-corrected chi connectivity index (χ0v) is 15.1. The molecule has 2 heterocycles. The van der Waals surface area contributed by atoms with E-state index in [0.29, 0.717) is 18.5 Å².